The van der Waals surface area contributed by atoms with E-state index in [1.165, 1.54) is 0 Å². The molecule has 0 fully saturated rings. The van der Waals surface area contributed by atoms with E-state index in [9.17, 15) is 4.79 Å². The number of halogens is 3. The molecule has 0 aliphatic carbocycles. The lowest BCUT2D eigenvalue weighted by molar-refractivity contribution is -0.110. The van der Waals surface area contributed by atoms with E-state index in [4.69, 9.17) is 16.3 Å². The van der Waals surface area contributed by atoms with Crippen LogP contribution in [0.3, 0.4) is 0 Å². The molecule has 1 heterocycles. The van der Waals surface area contributed by atoms with Crippen LogP contribution in [-0.4, -0.2) is 5.91 Å². The van der Waals surface area contributed by atoms with E-state index < -0.39 is 0 Å². The Hall–Kier alpha value is -2.08. The van der Waals surface area contributed by atoms with Crippen LogP contribution < -0.4 is 10.1 Å². The fraction of sp³-hybridized carbons (Fsp3) is 0.0455. The lowest BCUT2D eigenvalue weighted by Crippen LogP contribution is -2.03. The maximum absolute atomic E-state index is 12.3. The molecule has 1 aliphatic heterocycles. The first-order chi connectivity index (χ1) is 13.5. The third-order valence-electron chi connectivity index (χ3n) is 4.37. The van der Waals surface area contributed by atoms with Gasteiger partial charge in [-0.2, -0.15) is 0 Å². The number of hydrogen-bond acceptors (Lipinski definition) is 2. The number of carbonyl (C=O) groups is 1. The van der Waals surface area contributed by atoms with Gasteiger partial charge in [-0.25, -0.2) is 0 Å². The van der Waals surface area contributed by atoms with Gasteiger partial charge in [0, 0.05) is 27.4 Å². The van der Waals surface area contributed by atoms with Crippen LogP contribution in [0.1, 0.15) is 16.7 Å². The first-order valence-corrected chi connectivity index (χ1v) is 10.5. The van der Waals surface area contributed by atoms with Crippen LogP contribution in [0.5, 0.6) is 5.75 Å². The monoisotopic (exact) mass is 517 g/mol. The Kier molecular flexibility index (Phi) is 5.58. The number of para-hydroxylation sites is 1. The summed E-state index contributed by atoms with van der Waals surface area (Å²) in [7, 11) is 0. The molecule has 4 rings (SSSR count). The molecule has 1 N–H and O–H groups in total. The highest BCUT2D eigenvalue weighted by Gasteiger charge is 2.23. The van der Waals surface area contributed by atoms with Gasteiger partial charge in [-0.15, -0.1) is 0 Å². The summed E-state index contributed by atoms with van der Waals surface area (Å²) >= 11 is 13.3. The van der Waals surface area contributed by atoms with E-state index in [2.05, 4.69) is 37.2 Å². The van der Waals surface area contributed by atoms with Gasteiger partial charge in [-0.1, -0.05) is 48.0 Å². The van der Waals surface area contributed by atoms with Crippen molar-refractivity contribution in [1.29, 1.82) is 0 Å². The average Bonchev–Trinajstić information content (AvgIpc) is 2.98. The summed E-state index contributed by atoms with van der Waals surface area (Å²) < 4.78 is 7.53. The molecule has 3 aromatic carbocycles. The summed E-state index contributed by atoms with van der Waals surface area (Å²) in [4.78, 5) is 12.3. The van der Waals surface area contributed by atoms with E-state index >= 15 is 0 Å². The molecule has 0 aromatic heterocycles. The van der Waals surface area contributed by atoms with Gasteiger partial charge >= 0.3 is 0 Å². The standard InChI is InChI=1S/C22H14Br2ClNO2/c23-17-10-13(9-16-15-6-2-4-8-20(15)26-22(16)27)11-18(24)21(17)28-12-14-5-1-3-7-19(14)25/h1-11H,12H2,(H,26,27)/b16-9-. The second kappa shape index (κ2) is 8.11. The van der Waals surface area contributed by atoms with E-state index in [-0.39, 0.29) is 5.91 Å². The first kappa shape index (κ1) is 19.2. The second-order valence-electron chi connectivity index (χ2n) is 6.25. The number of ether oxygens (including phenoxy) is 1. The molecule has 0 spiro atoms. The number of rotatable bonds is 4. The van der Waals surface area contributed by atoms with Crippen molar-refractivity contribution in [2.45, 2.75) is 6.61 Å². The zero-order valence-electron chi connectivity index (χ0n) is 14.5. The molecule has 0 unspecified atom stereocenters. The van der Waals surface area contributed by atoms with Gasteiger partial charge in [0.2, 0.25) is 0 Å². The van der Waals surface area contributed by atoms with Gasteiger partial charge in [-0.05, 0) is 67.8 Å². The zero-order valence-corrected chi connectivity index (χ0v) is 18.4. The minimum absolute atomic E-state index is 0.104. The van der Waals surface area contributed by atoms with Crippen molar-refractivity contribution in [1.82, 2.24) is 0 Å². The van der Waals surface area contributed by atoms with Crippen molar-refractivity contribution in [3.8, 4) is 5.75 Å². The normalized spacial score (nSPS) is 14.1. The molecular weight excluding hydrogens is 506 g/mol. The van der Waals surface area contributed by atoms with E-state index in [1.54, 1.807) is 0 Å². The third-order valence-corrected chi connectivity index (χ3v) is 5.92. The topological polar surface area (TPSA) is 38.3 Å². The van der Waals surface area contributed by atoms with Gasteiger partial charge in [-0.3, -0.25) is 4.79 Å². The molecular formula is C22H14Br2ClNO2. The van der Waals surface area contributed by atoms with Gasteiger partial charge in [0.25, 0.3) is 5.91 Å². The van der Waals surface area contributed by atoms with Gasteiger partial charge in [0.15, 0.2) is 0 Å². The number of nitrogens with one attached hydrogen (secondary N) is 1. The molecule has 1 aliphatic rings. The summed E-state index contributed by atoms with van der Waals surface area (Å²) in [5.74, 6) is 0.575. The molecule has 0 saturated heterocycles. The maximum atomic E-state index is 12.3. The van der Waals surface area contributed by atoms with Crippen LogP contribution in [0.25, 0.3) is 11.6 Å². The van der Waals surface area contributed by atoms with Gasteiger partial charge < -0.3 is 10.1 Å². The Labute approximate surface area is 184 Å². The predicted molar refractivity (Wildman–Crippen MR) is 121 cm³/mol. The van der Waals surface area contributed by atoms with Crippen molar-refractivity contribution in [2.75, 3.05) is 5.32 Å². The van der Waals surface area contributed by atoms with E-state index in [0.29, 0.717) is 23.0 Å². The Bertz CT molecular complexity index is 1090. The lowest BCUT2D eigenvalue weighted by Gasteiger charge is -2.12. The summed E-state index contributed by atoms with van der Waals surface area (Å²) in [5, 5.41) is 3.55. The van der Waals surface area contributed by atoms with Crippen molar-refractivity contribution in [3.05, 3.63) is 91.3 Å². The minimum atomic E-state index is -0.104. The van der Waals surface area contributed by atoms with Crippen LogP contribution >= 0.6 is 43.5 Å². The SMILES string of the molecule is O=C1Nc2ccccc2/C1=C/c1cc(Br)c(OCc2ccccc2Cl)c(Br)c1. The number of hydrogen-bond donors (Lipinski definition) is 1. The highest BCUT2D eigenvalue weighted by atomic mass is 79.9. The highest BCUT2D eigenvalue weighted by Crippen LogP contribution is 2.38. The van der Waals surface area contributed by atoms with E-state index in [0.717, 1.165) is 31.3 Å². The second-order valence-corrected chi connectivity index (χ2v) is 8.37. The Morgan fingerprint density at radius 3 is 2.43 bits per heavy atom. The average molecular weight is 520 g/mol. The van der Waals surface area contributed by atoms with Crippen LogP contribution in [0, 0.1) is 0 Å². The van der Waals surface area contributed by atoms with Crippen LogP contribution in [0.4, 0.5) is 5.69 Å². The maximum Gasteiger partial charge on any atom is 0.256 e. The van der Waals surface area contributed by atoms with Gasteiger partial charge in [0.1, 0.15) is 12.4 Å². The van der Waals surface area contributed by atoms with Crippen LogP contribution in [0.2, 0.25) is 5.02 Å². The number of amides is 1. The van der Waals surface area contributed by atoms with Gasteiger partial charge in [0.05, 0.1) is 8.95 Å². The molecule has 140 valence electrons. The quantitative estimate of drug-likeness (QED) is 0.380. The fourth-order valence-corrected chi connectivity index (χ4v) is 4.66. The predicted octanol–water partition coefficient (Wildman–Crippen LogP) is 6.94. The highest BCUT2D eigenvalue weighted by molar-refractivity contribution is 9.11. The smallest absolute Gasteiger partial charge is 0.256 e. The first-order valence-electron chi connectivity index (χ1n) is 8.50. The molecule has 28 heavy (non-hydrogen) atoms. The molecule has 0 atom stereocenters. The molecule has 3 nitrogen and oxygen atoms in total. The Morgan fingerprint density at radius 2 is 1.68 bits per heavy atom. The van der Waals surface area contributed by atoms with Crippen LogP contribution in [0.15, 0.2) is 69.6 Å². The molecule has 0 radical (unpaired) electrons. The molecule has 3 aromatic rings. The molecule has 6 heteroatoms. The Morgan fingerprint density at radius 1 is 1.00 bits per heavy atom. The Balaban J connectivity index is 1.61. The third kappa shape index (κ3) is 3.88. The number of fused-ring (bicyclic) bond motifs is 1. The summed E-state index contributed by atoms with van der Waals surface area (Å²) in [6.45, 7) is 0.354. The fourth-order valence-electron chi connectivity index (χ4n) is 3.01. The number of benzene rings is 3. The number of carbonyl (C=O) groups excluding carboxylic acids is 1. The lowest BCUT2D eigenvalue weighted by atomic mass is 10.0. The largest absolute Gasteiger partial charge is 0.486 e. The summed E-state index contributed by atoms with van der Waals surface area (Å²) in [6.07, 6.45) is 1.87. The summed E-state index contributed by atoms with van der Waals surface area (Å²) in [6, 6.07) is 19.1. The van der Waals surface area contributed by atoms with Crippen molar-refractivity contribution >= 4 is 66.7 Å². The number of anilines is 1. The van der Waals surface area contributed by atoms with E-state index in [1.807, 2.05) is 66.7 Å². The zero-order chi connectivity index (χ0) is 19.7. The molecule has 0 bridgehead atoms. The summed E-state index contributed by atoms with van der Waals surface area (Å²) in [5.41, 5.74) is 4.16. The minimum Gasteiger partial charge on any atom is -0.486 e. The van der Waals surface area contributed by atoms with Crippen molar-refractivity contribution in [3.63, 3.8) is 0 Å². The molecule has 1 amide bonds. The van der Waals surface area contributed by atoms with Crippen molar-refractivity contribution < 1.29 is 9.53 Å². The van der Waals surface area contributed by atoms with Crippen LogP contribution in [-0.2, 0) is 11.4 Å². The van der Waals surface area contributed by atoms with Crippen molar-refractivity contribution in [2.24, 2.45) is 0 Å². The molecule has 0 saturated carbocycles.